The topological polar surface area (TPSA) is 15.3 Å². The van der Waals surface area contributed by atoms with Crippen LogP contribution < -0.4 is 10.2 Å². The van der Waals surface area contributed by atoms with Crippen LogP contribution in [-0.2, 0) is 0 Å². The Kier molecular flexibility index (Phi) is 4.74. The zero-order valence-corrected chi connectivity index (χ0v) is 13.7. The Bertz CT molecular complexity index is 427. The van der Waals surface area contributed by atoms with Gasteiger partial charge in [-0.05, 0) is 42.9 Å². The van der Waals surface area contributed by atoms with E-state index in [0.29, 0.717) is 11.5 Å². The molecule has 0 amide bonds. The van der Waals surface area contributed by atoms with Crippen LogP contribution >= 0.6 is 0 Å². The summed E-state index contributed by atoms with van der Waals surface area (Å²) in [6.07, 6.45) is 1.18. The Balaban J connectivity index is 2.06. The lowest BCUT2D eigenvalue weighted by Gasteiger charge is -2.48. The molecule has 0 aromatic heterocycles. The minimum Gasteiger partial charge on any atom is -0.371 e. The second-order valence-electron chi connectivity index (χ2n) is 7.20. The Labute approximate surface area is 124 Å². The minimum atomic E-state index is 0.428. The molecule has 20 heavy (non-hydrogen) atoms. The molecule has 1 heterocycles. The molecule has 1 aromatic rings. The molecule has 112 valence electrons. The van der Waals surface area contributed by atoms with Crippen LogP contribution in [0.15, 0.2) is 24.3 Å². The fourth-order valence-corrected chi connectivity index (χ4v) is 2.84. The molecule has 1 aliphatic heterocycles. The van der Waals surface area contributed by atoms with Crippen LogP contribution in [0.3, 0.4) is 0 Å². The first-order valence-electron chi connectivity index (χ1n) is 8.00. The van der Waals surface area contributed by atoms with Crippen molar-refractivity contribution in [3.8, 4) is 0 Å². The maximum Gasteiger partial charge on any atom is 0.0414 e. The van der Waals surface area contributed by atoms with Crippen molar-refractivity contribution in [2.75, 3.05) is 24.5 Å². The molecule has 1 N–H and O–H groups in total. The third-order valence-electron chi connectivity index (χ3n) is 4.55. The molecule has 2 heteroatoms. The van der Waals surface area contributed by atoms with Gasteiger partial charge in [0.25, 0.3) is 0 Å². The molecule has 1 aromatic carbocycles. The SMILES string of the molecule is CCCNC(C)c1ccccc1N1CC(C(C)(C)C)C1. The molecule has 0 radical (unpaired) electrons. The smallest absolute Gasteiger partial charge is 0.0414 e. The largest absolute Gasteiger partial charge is 0.371 e. The first-order chi connectivity index (χ1) is 9.43. The lowest BCUT2D eigenvalue weighted by Crippen LogP contribution is -2.52. The molecule has 1 saturated heterocycles. The summed E-state index contributed by atoms with van der Waals surface area (Å²) in [7, 11) is 0. The summed E-state index contributed by atoms with van der Waals surface area (Å²) in [5, 5.41) is 3.61. The number of anilines is 1. The third-order valence-corrected chi connectivity index (χ3v) is 4.55. The van der Waals surface area contributed by atoms with Crippen LogP contribution in [0.5, 0.6) is 0 Å². The summed E-state index contributed by atoms with van der Waals surface area (Å²) in [6.45, 7) is 15.0. The van der Waals surface area contributed by atoms with E-state index in [1.54, 1.807) is 0 Å². The van der Waals surface area contributed by atoms with Crippen molar-refractivity contribution in [3.05, 3.63) is 29.8 Å². The molecule has 1 unspecified atom stereocenters. The van der Waals surface area contributed by atoms with Gasteiger partial charge in [-0.2, -0.15) is 0 Å². The quantitative estimate of drug-likeness (QED) is 0.864. The molecule has 2 nitrogen and oxygen atoms in total. The van der Waals surface area contributed by atoms with E-state index in [-0.39, 0.29) is 0 Å². The Morgan fingerprint density at radius 1 is 1.25 bits per heavy atom. The van der Waals surface area contributed by atoms with Gasteiger partial charge in [-0.25, -0.2) is 0 Å². The van der Waals surface area contributed by atoms with Crippen LogP contribution in [0.2, 0.25) is 0 Å². The van der Waals surface area contributed by atoms with E-state index < -0.39 is 0 Å². The molecular weight excluding hydrogens is 244 g/mol. The van der Waals surface area contributed by atoms with Gasteiger partial charge in [0.15, 0.2) is 0 Å². The van der Waals surface area contributed by atoms with Gasteiger partial charge in [0.05, 0.1) is 0 Å². The van der Waals surface area contributed by atoms with Crippen molar-refractivity contribution < 1.29 is 0 Å². The molecule has 0 aliphatic carbocycles. The zero-order valence-electron chi connectivity index (χ0n) is 13.7. The van der Waals surface area contributed by atoms with E-state index in [2.05, 4.69) is 69.1 Å². The highest BCUT2D eigenvalue weighted by Crippen LogP contribution is 2.38. The fourth-order valence-electron chi connectivity index (χ4n) is 2.84. The van der Waals surface area contributed by atoms with E-state index >= 15 is 0 Å². The number of benzene rings is 1. The summed E-state index contributed by atoms with van der Waals surface area (Å²) in [4.78, 5) is 2.54. The van der Waals surface area contributed by atoms with Crippen LogP contribution in [0.1, 0.15) is 52.6 Å². The maximum absolute atomic E-state index is 3.61. The van der Waals surface area contributed by atoms with Gasteiger partial charge >= 0.3 is 0 Å². The first kappa shape index (κ1) is 15.4. The predicted octanol–water partition coefficient (Wildman–Crippen LogP) is 4.23. The average molecular weight is 274 g/mol. The fraction of sp³-hybridized carbons (Fsp3) is 0.667. The second kappa shape index (κ2) is 6.17. The number of rotatable bonds is 5. The average Bonchev–Trinajstić information content (AvgIpc) is 2.33. The van der Waals surface area contributed by atoms with Gasteiger partial charge in [-0.1, -0.05) is 45.9 Å². The van der Waals surface area contributed by atoms with Gasteiger partial charge in [-0.15, -0.1) is 0 Å². The molecular formula is C18H30N2. The van der Waals surface area contributed by atoms with Gasteiger partial charge in [0.2, 0.25) is 0 Å². The van der Waals surface area contributed by atoms with Gasteiger partial charge in [0, 0.05) is 24.8 Å². The highest BCUT2D eigenvalue weighted by Gasteiger charge is 2.36. The van der Waals surface area contributed by atoms with Crippen molar-refractivity contribution in [1.29, 1.82) is 0 Å². The van der Waals surface area contributed by atoms with E-state index in [1.165, 1.54) is 30.8 Å². The number of nitrogens with zero attached hydrogens (tertiary/aromatic N) is 1. The summed E-state index contributed by atoms with van der Waals surface area (Å²) in [6, 6.07) is 9.30. The van der Waals surface area contributed by atoms with Crippen LogP contribution in [0.25, 0.3) is 0 Å². The van der Waals surface area contributed by atoms with Crippen molar-refractivity contribution in [2.45, 2.75) is 47.1 Å². The molecule has 0 saturated carbocycles. The Hall–Kier alpha value is -1.02. The van der Waals surface area contributed by atoms with Gasteiger partial charge < -0.3 is 10.2 Å². The Morgan fingerprint density at radius 3 is 2.50 bits per heavy atom. The lowest BCUT2D eigenvalue weighted by molar-refractivity contribution is 0.195. The molecule has 0 bridgehead atoms. The van der Waals surface area contributed by atoms with Crippen molar-refractivity contribution in [3.63, 3.8) is 0 Å². The summed E-state index contributed by atoms with van der Waals surface area (Å²) >= 11 is 0. The van der Waals surface area contributed by atoms with E-state index in [1.807, 2.05) is 0 Å². The zero-order chi connectivity index (χ0) is 14.8. The summed E-state index contributed by atoms with van der Waals surface area (Å²) in [5.41, 5.74) is 3.29. The van der Waals surface area contributed by atoms with Crippen molar-refractivity contribution in [1.82, 2.24) is 5.32 Å². The number of hydrogen-bond acceptors (Lipinski definition) is 2. The molecule has 1 fully saturated rings. The first-order valence-corrected chi connectivity index (χ1v) is 8.00. The maximum atomic E-state index is 3.61. The van der Waals surface area contributed by atoms with Crippen LogP contribution in [0, 0.1) is 11.3 Å². The normalized spacial score (nSPS) is 17.9. The third kappa shape index (κ3) is 3.35. The predicted molar refractivity (Wildman–Crippen MR) is 88.3 cm³/mol. The number of nitrogens with one attached hydrogen (secondary N) is 1. The molecule has 2 rings (SSSR count). The monoisotopic (exact) mass is 274 g/mol. The molecule has 0 spiro atoms. The number of hydrogen-bond donors (Lipinski definition) is 1. The summed E-state index contributed by atoms with van der Waals surface area (Å²) < 4.78 is 0. The standard InChI is InChI=1S/C18H30N2/c1-6-11-19-14(2)16-9-7-8-10-17(16)20-12-15(13-20)18(3,4)5/h7-10,14-15,19H,6,11-13H2,1-5H3. The summed E-state index contributed by atoms with van der Waals surface area (Å²) in [5.74, 6) is 0.814. The van der Waals surface area contributed by atoms with Crippen molar-refractivity contribution in [2.24, 2.45) is 11.3 Å². The van der Waals surface area contributed by atoms with E-state index in [9.17, 15) is 0 Å². The Morgan fingerprint density at radius 2 is 1.90 bits per heavy atom. The number of para-hydroxylation sites is 1. The van der Waals surface area contributed by atoms with Crippen LogP contribution in [0.4, 0.5) is 5.69 Å². The molecule has 1 aliphatic rings. The second-order valence-corrected chi connectivity index (χ2v) is 7.20. The van der Waals surface area contributed by atoms with Crippen molar-refractivity contribution >= 4 is 5.69 Å². The highest BCUT2D eigenvalue weighted by atomic mass is 15.2. The van der Waals surface area contributed by atoms with Gasteiger partial charge in [-0.3, -0.25) is 0 Å². The van der Waals surface area contributed by atoms with Gasteiger partial charge in [0.1, 0.15) is 0 Å². The van der Waals surface area contributed by atoms with E-state index in [0.717, 1.165) is 12.5 Å². The molecule has 1 atom stereocenters. The minimum absolute atomic E-state index is 0.428. The van der Waals surface area contributed by atoms with E-state index in [4.69, 9.17) is 0 Å². The van der Waals surface area contributed by atoms with Crippen LogP contribution in [-0.4, -0.2) is 19.6 Å². The lowest BCUT2D eigenvalue weighted by atomic mass is 9.75. The highest BCUT2D eigenvalue weighted by molar-refractivity contribution is 5.56.